The molecule has 0 aromatic heterocycles. The molecule has 0 aliphatic heterocycles. The van der Waals surface area contributed by atoms with Crippen molar-refractivity contribution in [2.24, 2.45) is 5.41 Å². The molecule has 0 saturated carbocycles. The van der Waals surface area contributed by atoms with E-state index in [1.165, 1.54) is 28.3 Å². The van der Waals surface area contributed by atoms with E-state index in [1.807, 2.05) is 0 Å². The lowest BCUT2D eigenvalue weighted by Crippen LogP contribution is -2.39. The van der Waals surface area contributed by atoms with E-state index in [-0.39, 0.29) is 25.0 Å². The molecule has 0 N–H and O–H groups in total. The average Bonchev–Trinajstić information content (AvgIpc) is 3.01. The topological polar surface area (TPSA) is 96.0 Å². The number of esters is 3. The van der Waals surface area contributed by atoms with E-state index >= 15 is 0 Å². The Hall–Kier alpha value is -2.44. The lowest BCUT2D eigenvalue weighted by atomic mass is 9.82. The highest BCUT2D eigenvalue weighted by Crippen LogP contribution is 2.47. The van der Waals surface area contributed by atoms with Crippen molar-refractivity contribution in [1.82, 2.24) is 0 Å². The summed E-state index contributed by atoms with van der Waals surface area (Å²) in [6, 6.07) is 0. The van der Waals surface area contributed by atoms with E-state index in [0.717, 1.165) is 0 Å². The minimum absolute atomic E-state index is 0.00833. The lowest BCUT2D eigenvalue weighted by molar-refractivity contribution is -0.168. The molecule has 7 heteroatoms. The van der Waals surface area contributed by atoms with Crippen molar-refractivity contribution in [1.29, 1.82) is 0 Å². The van der Waals surface area contributed by atoms with Crippen LogP contribution in [0.3, 0.4) is 0 Å². The fourth-order valence-corrected chi connectivity index (χ4v) is 3.02. The summed E-state index contributed by atoms with van der Waals surface area (Å²) in [5.74, 6) is -2.14. The molecule has 25 heavy (non-hydrogen) atoms. The number of methoxy groups -OCH3 is 3. The van der Waals surface area contributed by atoms with Gasteiger partial charge in [0.25, 0.3) is 0 Å². The molecule has 1 aliphatic rings. The first-order valence-electron chi connectivity index (χ1n) is 7.77. The van der Waals surface area contributed by atoms with E-state index < -0.39 is 23.3 Å². The summed E-state index contributed by atoms with van der Waals surface area (Å²) < 4.78 is 14.2. The average molecular weight is 352 g/mol. The van der Waals surface area contributed by atoms with Gasteiger partial charge >= 0.3 is 17.9 Å². The molecule has 1 aliphatic carbocycles. The zero-order chi connectivity index (χ0) is 19.4. The maximum atomic E-state index is 12.3. The highest BCUT2D eigenvalue weighted by atomic mass is 16.5. The molecule has 0 saturated heterocycles. The summed E-state index contributed by atoms with van der Waals surface area (Å²) in [5, 5.41) is 0. The van der Waals surface area contributed by atoms with Gasteiger partial charge in [-0.05, 0) is 31.9 Å². The van der Waals surface area contributed by atoms with Crippen molar-refractivity contribution in [3.05, 3.63) is 22.3 Å². The van der Waals surface area contributed by atoms with Crippen LogP contribution in [0.2, 0.25) is 0 Å². The third kappa shape index (κ3) is 3.97. The molecule has 7 nitrogen and oxygen atoms in total. The Balaban J connectivity index is 3.41. The molecule has 0 spiro atoms. The number of rotatable bonds is 6. The van der Waals surface area contributed by atoms with Crippen molar-refractivity contribution in [2.75, 3.05) is 21.3 Å². The molecular formula is C18H24O7. The zero-order valence-corrected chi connectivity index (χ0v) is 15.5. The fraction of sp³-hybridized carbons (Fsp3) is 0.556. The second-order valence-corrected chi connectivity index (χ2v) is 6.09. The van der Waals surface area contributed by atoms with E-state index in [4.69, 9.17) is 9.47 Å². The second kappa shape index (κ2) is 8.09. The summed E-state index contributed by atoms with van der Waals surface area (Å²) in [5.41, 5.74) is 0.755. The predicted octanol–water partition coefficient (Wildman–Crippen LogP) is 1.90. The summed E-state index contributed by atoms with van der Waals surface area (Å²) in [7, 11) is 3.66. The highest BCUT2D eigenvalue weighted by Gasteiger charge is 2.54. The molecule has 0 fully saturated rings. The Labute approximate surface area is 147 Å². The molecule has 0 atom stereocenters. The third-order valence-electron chi connectivity index (χ3n) is 4.63. The Morgan fingerprint density at radius 3 is 1.72 bits per heavy atom. The van der Waals surface area contributed by atoms with Gasteiger partial charge in [0.2, 0.25) is 0 Å². The van der Waals surface area contributed by atoms with Gasteiger partial charge in [0, 0.05) is 18.4 Å². The van der Waals surface area contributed by atoms with Crippen LogP contribution in [-0.2, 0) is 33.4 Å². The van der Waals surface area contributed by atoms with Gasteiger partial charge in [-0.25, -0.2) is 0 Å². The van der Waals surface area contributed by atoms with Gasteiger partial charge in [0.05, 0.1) is 27.8 Å². The van der Waals surface area contributed by atoms with Crippen molar-refractivity contribution in [3.63, 3.8) is 0 Å². The first kappa shape index (κ1) is 20.6. The fourth-order valence-electron chi connectivity index (χ4n) is 3.02. The SMILES string of the molecule is COC(=O)C/C(C)=C(/C)C1=C(C(C)=O)CC(C(=O)OC)(C(=O)OC)C1. The monoisotopic (exact) mass is 352 g/mol. The first-order chi connectivity index (χ1) is 11.6. The number of carbonyl (C=O) groups excluding carboxylic acids is 4. The summed E-state index contributed by atoms with van der Waals surface area (Å²) >= 11 is 0. The molecule has 0 amide bonds. The van der Waals surface area contributed by atoms with E-state index in [0.29, 0.717) is 22.3 Å². The Bertz CT molecular complexity index is 651. The van der Waals surface area contributed by atoms with Crippen molar-refractivity contribution >= 4 is 23.7 Å². The lowest BCUT2D eigenvalue weighted by Gasteiger charge is -2.23. The molecule has 0 aromatic carbocycles. The zero-order valence-electron chi connectivity index (χ0n) is 15.5. The van der Waals surface area contributed by atoms with Crippen LogP contribution >= 0.6 is 0 Å². The standard InChI is InChI=1S/C18H24O7/c1-10(7-15(20)23-4)11(2)13-8-18(16(21)24-5,17(22)25-6)9-14(13)12(3)19/h7-9H2,1-6H3/b11-10-. The van der Waals surface area contributed by atoms with Gasteiger partial charge in [-0.2, -0.15) is 0 Å². The van der Waals surface area contributed by atoms with Crippen LogP contribution in [0, 0.1) is 5.41 Å². The number of hydrogen-bond donors (Lipinski definition) is 0. The number of hydrogen-bond acceptors (Lipinski definition) is 7. The molecular weight excluding hydrogens is 328 g/mol. The minimum atomic E-state index is -1.58. The van der Waals surface area contributed by atoms with Gasteiger partial charge < -0.3 is 14.2 Å². The summed E-state index contributed by atoms with van der Waals surface area (Å²) in [6.45, 7) is 4.87. The molecule has 0 radical (unpaired) electrons. The van der Waals surface area contributed by atoms with Crippen molar-refractivity contribution < 1.29 is 33.4 Å². The number of allylic oxidation sites excluding steroid dienone is 3. The van der Waals surface area contributed by atoms with Crippen LogP contribution in [0.4, 0.5) is 0 Å². The van der Waals surface area contributed by atoms with Crippen LogP contribution in [0.15, 0.2) is 22.3 Å². The van der Waals surface area contributed by atoms with Crippen molar-refractivity contribution in [2.45, 2.75) is 40.0 Å². The van der Waals surface area contributed by atoms with Crippen LogP contribution in [0.25, 0.3) is 0 Å². The molecule has 0 bridgehead atoms. The highest BCUT2D eigenvalue weighted by molar-refractivity contribution is 6.06. The normalized spacial score (nSPS) is 16.9. The van der Waals surface area contributed by atoms with Crippen molar-refractivity contribution in [3.8, 4) is 0 Å². The Morgan fingerprint density at radius 1 is 0.840 bits per heavy atom. The Kier molecular flexibility index (Phi) is 6.67. The third-order valence-corrected chi connectivity index (χ3v) is 4.63. The summed E-state index contributed by atoms with van der Waals surface area (Å²) in [6.07, 6.45) is -0.0358. The van der Waals surface area contributed by atoms with Gasteiger partial charge in [0.1, 0.15) is 0 Å². The van der Waals surface area contributed by atoms with E-state index in [1.54, 1.807) is 13.8 Å². The number of ether oxygens (including phenoxy) is 3. The predicted molar refractivity (Wildman–Crippen MR) is 88.4 cm³/mol. The Morgan fingerprint density at radius 2 is 1.32 bits per heavy atom. The van der Waals surface area contributed by atoms with E-state index in [9.17, 15) is 19.2 Å². The molecule has 0 unspecified atom stereocenters. The maximum Gasteiger partial charge on any atom is 0.323 e. The van der Waals surface area contributed by atoms with Crippen LogP contribution in [-0.4, -0.2) is 45.0 Å². The van der Waals surface area contributed by atoms with Gasteiger partial charge in [0.15, 0.2) is 11.2 Å². The number of Topliss-reactive ketones (excluding diaryl/α,β-unsaturated/α-hetero) is 1. The maximum absolute atomic E-state index is 12.3. The minimum Gasteiger partial charge on any atom is -0.469 e. The van der Waals surface area contributed by atoms with Gasteiger partial charge in [-0.15, -0.1) is 0 Å². The second-order valence-electron chi connectivity index (χ2n) is 6.09. The number of ketones is 1. The van der Waals surface area contributed by atoms with Crippen LogP contribution in [0.5, 0.6) is 0 Å². The first-order valence-corrected chi connectivity index (χ1v) is 7.77. The molecule has 0 aromatic rings. The molecule has 1 rings (SSSR count). The van der Waals surface area contributed by atoms with Crippen LogP contribution in [0.1, 0.15) is 40.0 Å². The van der Waals surface area contributed by atoms with Gasteiger partial charge in [-0.1, -0.05) is 5.57 Å². The molecule has 138 valence electrons. The van der Waals surface area contributed by atoms with E-state index in [2.05, 4.69) is 4.74 Å². The smallest absolute Gasteiger partial charge is 0.323 e. The van der Waals surface area contributed by atoms with Gasteiger partial charge in [-0.3, -0.25) is 19.2 Å². The quantitative estimate of drug-likeness (QED) is 0.409. The largest absolute Gasteiger partial charge is 0.469 e. The van der Waals surface area contributed by atoms with Crippen LogP contribution < -0.4 is 0 Å². The summed E-state index contributed by atoms with van der Waals surface area (Å²) in [4.78, 5) is 48.2. The molecule has 0 heterocycles. The number of carbonyl (C=O) groups is 4.